The highest BCUT2D eigenvalue weighted by Gasteiger charge is 2.47. The third kappa shape index (κ3) is 3.64. The second-order valence-corrected chi connectivity index (χ2v) is 7.30. The van der Waals surface area contributed by atoms with E-state index in [1.165, 1.54) is 0 Å². The summed E-state index contributed by atoms with van der Waals surface area (Å²) in [7, 11) is 0. The number of amides is 2. The van der Waals surface area contributed by atoms with Crippen LogP contribution < -0.4 is 5.32 Å². The lowest BCUT2D eigenvalue weighted by atomic mass is 9.97. The molecule has 2 rings (SSSR count). The van der Waals surface area contributed by atoms with Crippen molar-refractivity contribution in [2.75, 3.05) is 6.54 Å². The number of likely N-dealkylation sites (tertiary alicyclic amines) is 1. The van der Waals surface area contributed by atoms with Crippen LogP contribution in [-0.2, 0) is 16.1 Å². The molecule has 1 aromatic heterocycles. The average molecular weight is 308 g/mol. The molecule has 1 aliphatic heterocycles. The lowest BCUT2D eigenvalue weighted by molar-refractivity contribution is -0.141. The standard InChI is InChI=1S/C16H24N2O2S/c1-12(2)7-9-17-15(20)16(3)8-6-14(19)18(16)11-13-5-4-10-21-13/h4-5,10,12H,6-9,11H2,1-3H3,(H,17,20)/t16-/m1/s1. The van der Waals surface area contributed by atoms with Gasteiger partial charge in [0.05, 0.1) is 6.54 Å². The molecule has 0 aromatic carbocycles. The van der Waals surface area contributed by atoms with Gasteiger partial charge in [0.25, 0.3) is 0 Å². The Kier molecular flexibility index (Phi) is 5.04. The summed E-state index contributed by atoms with van der Waals surface area (Å²) >= 11 is 1.62. The van der Waals surface area contributed by atoms with Crippen molar-refractivity contribution >= 4 is 23.2 Å². The van der Waals surface area contributed by atoms with Crippen LogP contribution in [0.4, 0.5) is 0 Å². The molecule has 0 spiro atoms. The van der Waals surface area contributed by atoms with E-state index in [1.54, 1.807) is 16.2 Å². The number of thiophene rings is 1. The van der Waals surface area contributed by atoms with E-state index in [-0.39, 0.29) is 11.8 Å². The van der Waals surface area contributed by atoms with Gasteiger partial charge in [-0.2, -0.15) is 0 Å². The van der Waals surface area contributed by atoms with Gasteiger partial charge in [-0.05, 0) is 37.1 Å². The van der Waals surface area contributed by atoms with Crippen molar-refractivity contribution in [2.45, 2.75) is 52.1 Å². The minimum Gasteiger partial charge on any atom is -0.354 e. The SMILES string of the molecule is CC(C)CCNC(=O)[C@@]1(C)CCC(=O)N1Cc1cccs1. The summed E-state index contributed by atoms with van der Waals surface area (Å²) in [5, 5.41) is 4.99. The third-order valence-electron chi connectivity index (χ3n) is 4.11. The molecular formula is C16H24N2O2S. The fourth-order valence-electron chi connectivity index (χ4n) is 2.62. The highest BCUT2D eigenvalue weighted by Crippen LogP contribution is 2.32. The van der Waals surface area contributed by atoms with E-state index in [2.05, 4.69) is 19.2 Å². The van der Waals surface area contributed by atoms with Crippen LogP contribution in [0.2, 0.25) is 0 Å². The number of nitrogens with zero attached hydrogens (tertiary/aromatic N) is 1. The first kappa shape index (κ1) is 16.0. The van der Waals surface area contributed by atoms with Crippen LogP contribution in [0.3, 0.4) is 0 Å². The maximum Gasteiger partial charge on any atom is 0.245 e. The Morgan fingerprint density at radius 2 is 2.29 bits per heavy atom. The lowest BCUT2D eigenvalue weighted by Gasteiger charge is -2.33. The first-order valence-corrected chi connectivity index (χ1v) is 8.42. The zero-order chi connectivity index (χ0) is 15.5. The van der Waals surface area contributed by atoms with E-state index in [0.29, 0.717) is 31.8 Å². The van der Waals surface area contributed by atoms with Crippen molar-refractivity contribution in [1.82, 2.24) is 10.2 Å². The average Bonchev–Trinajstić information content (AvgIpc) is 3.03. The highest BCUT2D eigenvalue weighted by molar-refractivity contribution is 7.09. The number of hydrogen-bond donors (Lipinski definition) is 1. The third-order valence-corrected chi connectivity index (χ3v) is 4.97. The predicted octanol–water partition coefficient (Wildman–Crippen LogP) is 2.79. The van der Waals surface area contributed by atoms with Gasteiger partial charge in [-0.3, -0.25) is 9.59 Å². The molecule has 1 N–H and O–H groups in total. The molecule has 0 radical (unpaired) electrons. The first-order chi connectivity index (χ1) is 9.93. The smallest absolute Gasteiger partial charge is 0.245 e. The molecule has 116 valence electrons. The molecule has 0 bridgehead atoms. The zero-order valence-corrected chi connectivity index (χ0v) is 13.8. The maximum atomic E-state index is 12.5. The van der Waals surface area contributed by atoms with Crippen LogP contribution >= 0.6 is 11.3 Å². The van der Waals surface area contributed by atoms with Crippen LogP contribution in [0, 0.1) is 5.92 Å². The molecule has 21 heavy (non-hydrogen) atoms. The van der Waals surface area contributed by atoms with Gasteiger partial charge in [0.2, 0.25) is 11.8 Å². The zero-order valence-electron chi connectivity index (χ0n) is 13.0. The van der Waals surface area contributed by atoms with Crippen molar-refractivity contribution in [3.05, 3.63) is 22.4 Å². The topological polar surface area (TPSA) is 49.4 Å². The number of rotatable bonds is 6. The minimum atomic E-state index is -0.710. The van der Waals surface area contributed by atoms with E-state index >= 15 is 0 Å². The largest absolute Gasteiger partial charge is 0.354 e. The Bertz CT molecular complexity index is 498. The molecule has 0 saturated carbocycles. The van der Waals surface area contributed by atoms with Crippen molar-refractivity contribution in [3.8, 4) is 0 Å². The summed E-state index contributed by atoms with van der Waals surface area (Å²) in [6.45, 7) is 7.36. The fraction of sp³-hybridized carbons (Fsp3) is 0.625. The van der Waals surface area contributed by atoms with Gasteiger partial charge >= 0.3 is 0 Å². The van der Waals surface area contributed by atoms with Gasteiger partial charge in [0.15, 0.2) is 0 Å². The van der Waals surface area contributed by atoms with Crippen LogP contribution in [0.15, 0.2) is 17.5 Å². The van der Waals surface area contributed by atoms with Crippen LogP contribution in [-0.4, -0.2) is 28.8 Å². The van der Waals surface area contributed by atoms with Gasteiger partial charge in [0, 0.05) is 17.8 Å². The van der Waals surface area contributed by atoms with Gasteiger partial charge in [0.1, 0.15) is 5.54 Å². The van der Waals surface area contributed by atoms with Crippen molar-refractivity contribution < 1.29 is 9.59 Å². The fourth-order valence-corrected chi connectivity index (χ4v) is 3.31. The van der Waals surface area contributed by atoms with Crippen LogP contribution in [0.25, 0.3) is 0 Å². The van der Waals surface area contributed by atoms with E-state index < -0.39 is 5.54 Å². The van der Waals surface area contributed by atoms with Gasteiger partial charge < -0.3 is 10.2 Å². The molecule has 1 fully saturated rings. The number of carbonyl (C=O) groups is 2. The molecule has 0 aliphatic carbocycles. The van der Waals surface area contributed by atoms with E-state index in [4.69, 9.17) is 0 Å². The molecule has 0 unspecified atom stereocenters. The predicted molar refractivity (Wildman–Crippen MR) is 85.0 cm³/mol. The molecular weight excluding hydrogens is 284 g/mol. The number of hydrogen-bond acceptors (Lipinski definition) is 3. The lowest BCUT2D eigenvalue weighted by Crippen LogP contribution is -2.54. The quantitative estimate of drug-likeness (QED) is 0.878. The Hall–Kier alpha value is -1.36. The highest BCUT2D eigenvalue weighted by atomic mass is 32.1. The Morgan fingerprint density at radius 3 is 2.90 bits per heavy atom. The van der Waals surface area contributed by atoms with Crippen molar-refractivity contribution in [2.24, 2.45) is 5.92 Å². The summed E-state index contributed by atoms with van der Waals surface area (Å²) in [5.41, 5.74) is -0.710. The van der Waals surface area contributed by atoms with Crippen molar-refractivity contribution in [1.29, 1.82) is 0 Å². The van der Waals surface area contributed by atoms with Crippen LogP contribution in [0.1, 0.15) is 44.9 Å². The second kappa shape index (κ2) is 6.60. The maximum absolute atomic E-state index is 12.5. The van der Waals surface area contributed by atoms with Crippen LogP contribution in [0.5, 0.6) is 0 Å². The normalized spacial score (nSPS) is 22.1. The van der Waals surface area contributed by atoms with Gasteiger partial charge in [-0.1, -0.05) is 19.9 Å². The molecule has 2 amide bonds. The summed E-state index contributed by atoms with van der Waals surface area (Å²) in [6.07, 6.45) is 2.02. The summed E-state index contributed by atoms with van der Waals surface area (Å²) in [4.78, 5) is 27.5. The number of carbonyl (C=O) groups excluding carboxylic acids is 2. The van der Waals surface area contributed by atoms with Gasteiger partial charge in [-0.15, -0.1) is 11.3 Å². The Morgan fingerprint density at radius 1 is 1.52 bits per heavy atom. The monoisotopic (exact) mass is 308 g/mol. The molecule has 4 nitrogen and oxygen atoms in total. The molecule has 1 atom stereocenters. The molecule has 2 heterocycles. The number of nitrogens with one attached hydrogen (secondary N) is 1. The molecule has 5 heteroatoms. The summed E-state index contributed by atoms with van der Waals surface area (Å²) < 4.78 is 0. The molecule has 1 aliphatic rings. The van der Waals surface area contributed by atoms with E-state index in [0.717, 1.165) is 11.3 Å². The second-order valence-electron chi connectivity index (χ2n) is 6.27. The van der Waals surface area contributed by atoms with E-state index in [1.807, 2.05) is 24.4 Å². The molecule has 1 saturated heterocycles. The Balaban J connectivity index is 2.03. The Labute approximate surface area is 130 Å². The minimum absolute atomic E-state index is 0.0226. The van der Waals surface area contributed by atoms with Gasteiger partial charge in [-0.25, -0.2) is 0 Å². The summed E-state index contributed by atoms with van der Waals surface area (Å²) in [6, 6.07) is 3.98. The first-order valence-electron chi connectivity index (χ1n) is 7.54. The van der Waals surface area contributed by atoms with E-state index in [9.17, 15) is 9.59 Å². The molecule has 1 aromatic rings. The summed E-state index contributed by atoms with van der Waals surface area (Å²) in [5.74, 6) is 0.612. The van der Waals surface area contributed by atoms with Crippen molar-refractivity contribution in [3.63, 3.8) is 0 Å².